The Morgan fingerprint density at radius 1 is 1.42 bits per heavy atom. The maximum atomic E-state index is 12.3. The molecule has 0 unspecified atom stereocenters. The van der Waals surface area contributed by atoms with Crippen molar-refractivity contribution >= 4 is 33.2 Å². The summed E-state index contributed by atoms with van der Waals surface area (Å²) in [6.45, 7) is 4.55. The Morgan fingerprint density at radius 2 is 2.16 bits per heavy atom. The fourth-order valence-electron chi connectivity index (χ4n) is 1.76. The molecule has 3 nitrogen and oxygen atoms in total. The van der Waals surface area contributed by atoms with Crippen molar-refractivity contribution in [1.82, 2.24) is 9.88 Å². The van der Waals surface area contributed by atoms with Gasteiger partial charge in [-0.05, 0) is 37.6 Å². The molecule has 19 heavy (non-hydrogen) atoms. The van der Waals surface area contributed by atoms with E-state index in [-0.39, 0.29) is 5.91 Å². The fraction of sp³-hybridized carbons (Fsp3) is 0.286. The van der Waals surface area contributed by atoms with Crippen molar-refractivity contribution in [2.45, 2.75) is 20.4 Å². The highest BCUT2D eigenvalue weighted by molar-refractivity contribution is 9.10. The summed E-state index contributed by atoms with van der Waals surface area (Å²) in [6, 6.07) is 5.66. The van der Waals surface area contributed by atoms with Crippen LogP contribution in [0.1, 0.15) is 26.5 Å². The fourth-order valence-corrected chi connectivity index (χ4v) is 2.84. The average Bonchev–Trinajstić information content (AvgIpc) is 2.77. The van der Waals surface area contributed by atoms with E-state index < -0.39 is 0 Å². The number of aromatic nitrogens is 1. The van der Waals surface area contributed by atoms with Crippen LogP contribution in [0.3, 0.4) is 0 Å². The Hall–Kier alpha value is -1.20. The van der Waals surface area contributed by atoms with Crippen LogP contribution in [0, 0.1) is 13.8 Å². The Bertz CT molecular complexity index is 609. The van der Waals surface area contributed by atoms with Gasteiger partial charge in [-0.25, -0.2) is 4.98 Å². The van der Waals surface area contributed by atoms with Gasteiger partial charge in [0, 0.05) is 22.0 Å². The number of amides is 1. The molecule has 1 aromatic heterocycles. The largest absolute Gasteiger partial charge is 0.336 e. The molecule has 1 heterocycles. The minimum atomic E-state index is 0.0309. The second-order valence-electron chi connectivity index (χ2n) is 4.49. The van der Waals surface area contributed by atoms with E-state index in [0.717, 1.165) is 20.6 Å². The number of benzene rings is 1. The van der Waals surface area contributed by atoms with Crippen molar-refractivity contribution in [3.8, 4) is 0 Å². The number of aryl methyl sites for hydroxylation is 2. The standard InChI is InChI=1S/C14H15BrN2OS/c1-9-6-11(4-5-12(9)15)14(18)17(3)7-13-10(2)16-8-19-13/h4-6,8H,7H2,1-3H3. The number of hydrogen-bond donors (Lipinski definition) is 0. The van der Waals surface area contributed by atoms with Gasteiger partial charge in [0.05, 0.1) is 17.7 Å². The van der Waals surface area contributed by atoms with Crippen LogP contribution >= 0.6 is 27.3 Å². The minimum Gasteiger partial charge on any atom is -0.336 e. The minimum absolute atomic E-state index is 0.0309. The maximum Gasteiger partial charge on any atom is 0.253 e. The summed E-state index contributed by atoms with van der Waals surface area (Å²) in [6.07, 6.45) is 0. The van der Waals surface area contributed by atoms with E-state index >= 15 is 0 Å². The summed E-state index contributed by atoms with van der Waals surface area (Å²) in [5.41, 5.74) is 4.59. The van der Waals surface area contributed by atoms with Gasteiger partial charge in [-0.2, -0.15) is 0 Å². The molecule has 0 fully saturated rings. The molecule has 0 atom stereocenters. The Balaban J connectivity index is 2.15. The monoisotopic (exact) mass is 338 g/mol. The van der Waals surface area contributed by atoms with Gasteiger partial charge in [-0.15, -0.1) is 11.3 Å². The van der Waals surface area contributed by atoms with Gasteiger partial charge < -0.3 is 4.90 Å². The van der Waals surface area contributed by atoms with Crippen molar-refractivity contribution in [1.29, 1.82) is 0 Å². The lowest BCUT2D eigenvalue weighted by Gasteiger charge is -2.17. The van der Waals surface area contributed by atoms with Gasteiger partial charge in [-0.1, -0.05) is 15.9 Å². The predicted octanol–water partition coefficient (Wildman–Crippen LogP) is 3.79. The summed E-state index contributed by atoms with van der Waals surface area (Å²) < 4.78 is 1.02. The van der Waals surface area contributed by atoms with Crippen LogP contribution in [0.2, 0.25) is 0 Å². The molecule has 0 aliphatic carbocycles. The van der Waals surface area contributed by atoms with Crippen molar-refractivity contribution in [2.75, 3.05) is 7.05 Å². The topological polar surface area (TPSA) is 33.2 Å². The first-order valence-corrected chi connectivity index (χ1v) is 7.57. The molecule has 0 saturated carbocycles. The van der Waals surface area contributed by atoms with Crippen LogP contribution < -0.4 is 0 Å². The van der Waals surface area contributed by atoms with Gasteiger partial charge in [0.1, 0.15) is 0 Å². The number of halogens is 1. The molecule has 2 rings (SSSR count). The number of nitrogens with zero attached hydrogens (tertiary/aromatic N) is 2. The molecule has 1 aromatic carbocycles. The third kappa shape index (κ3) is 3.22. The molecule has 0 aliphatic heterocycles. The van der Waals surface area contributed by atoms with Crippen LogP contribution in [0.15, 0.2) is 28.2 Å². The molecule has 0 bridgehead atoms. The van der Waals surface area contributed by atoms with Crippen molar-refractivity contribution in [3.63, 3.8) is 0 Å². The van der Waals surface area contributed by atoms with Gasteiger partial charge >= 0.3 is 0 Å². The van der Waals surface area contributed by atoms with E-state index in [2.05, 4.69) is 20.9 Å². The smallest absolute Gasteiger partial charge is 0.253 e. The summed E-state index contributed by atoms with van der Waals surface area (Å²) in [7, 11) is 1.82. The quantitative estimate of drug-likeness (QED) is 0.852. The second-order valence-corrected chi connectivity index (χ2v) is 6.28. The van der Waals surface area contributed by atoms with Gasteiger partial charge in [0.15, 0.2) is 0 Å². The zero-order chi connectivity index (χ0) is 14.0. The number of hydrogen-bond acceptors (Lipinski definition) is 3. The number of carbonyl (C=O) groups excluding carboxylic acids is 1. The molecule has 1 amide bonds. The van der Waals surface area contributed by atoms with Crippen molar-refractivity contribution in [3.05, 3.63) is 49.9 Å². The normalized spacial score (nSPS) is 10.5. The van der Waals surface area contributed by atoms with Crippen LogP contribution in [-0.4, -0.2) is 22.8 Å². The van der Waals surface area contributed by atoms with E-state index in [4.69, 9.17) is 0 Å². The molecular weight excluding hydrogens is 324 g/mol. The third-order valence-electron chi connectivity index (χ3n) is 2.98. The first kappa shape index (κ1) is 14.2. The van der Waals surface area contributed by atoms with Gasteiger partial charge in [0.2, 0.25) is 0 Å². The van der Waals surface area contributed by atoms with E-state index in [1.807, 2.05) is 44.6 Å². The van der Waals surface area contributed by atoms with E-state index in [9.17, 15) is 4.79 Å². The molecule has 100 valence electrons. The van der Waals surface area contributed by atoms with Gasteiger partial charge in [-0.3, -0.25) is 4.79 Å². The highest BCUT2D eigenvalue weighted by Crippen LogP contribution is 2.19. The zero-order valence-corrected chi connectivity index (χ0v) is 13.5. The third-order valence-corrected chi connectivity index (χ3v) is 4.79. The lowest BCUT2D eigenvalue weighted by atomic mass is 10.1. The summed E-state index contributed by atoms with van der Waals surface area (Å²) in [4.78, 5) is 19.4. The molecule has 0 radical (unpaired) electrons. The lowest BCUT2D eigenvalue weighted by Crippen LogP contribution is -2.26. The second kappa shape index (κ2) is 5.84. The predicted molar refractivity (Wildman–Crippen MR) is 81.5 cm³/mol. The summed E-state index contributed by atoms with van der Waals surface area (Å²) in [5.74, 6) is 0.0309. The molecule has 0 N–H and O–H groups in total. The van der Waals surface area contributed by atoms with E-state index in [1.54, 1.807) is 16.2 Å². The molecule has 2 aromatic rings. The first-order valence-electron chi connectivity index (χ1n) is 5.89. The zero-order valence-electron chi connectivity index (χ0n) is 11.1. The molecule has 0 saturated heterocycles. The van der Waals surface area contributed by atoms with Crippen molar-refractivity contribution < 1.29 is 4.79 Å². The highest BCUT2D eigenvalue weighted by Gasteiger charge is 2.14. The van der Waals surface area contributed by atoms with Crippen LogP contribution in [0.5, 0.6) is 0 Å². The lowest BCUT2D eigenvalue weighted by molar-refractivity contribution is 0.0786. The van der Waals surface area contributed by atoms with Crippen molar-refractivity contribution in [2.24, 2.45) is 0 Å². The number of carbonyl (C=O) groups is 1. The Labute approximate surface area is 125 Å². The SMILES string of the molecule is Cc1cc(C(=O)N(C)Cc2scnc2C)ccc1Br. The highest BCUT2D eigenvalue weighted by atomic mass is 79.9. The first-order chi connectivity index (χ1) is 8.99. The van der Waals surface area contributed by atoms with Gasteiger partial charge in [0.25, 0.3) is 5.91 Å². The summed E-state index contributed by atoms with van der Waals surface area (Å²) >= 11 is 5.03. The van der Waals surface area contributed by atoms with Crippen LogP contribution in [0.25, 0.3) is 0 Å². The molecular formula is C14H15BrN2OS. The van der Waals surface area contributed by atoms with Crippen LogP contribution in [-0.2, 0) is 6.54 Å². The average molecular weight is 339 g/mol. The molecule has 0 spiro atoms. The summed E-state index contributed by atoms with van der Waals surface area (Å²) in [5, 5.41) is 0. The van der Waals surface area contributed by atoms with E-state index in [0.29, 0.717) is 12.1 Å². The number of rotatable bonds is 3. The van der Waals surface area contributed by atoms with Crippen LogP contribution in [0.4, 0.5) is 0 Å². The Morgan fingerprint density at radius 3 is 2.74 bits per heavy atom. The van der Waals surface area contributed by atoms with E-state index in [1.165, 1.54) is 0 Å². The Kier molecular flexibility index (Phi) is 4.37. The molecule has 5 heteroatoms. The number of thiazole rings is 1. The maximum absolute atomic E-state index is 12.3. The molecule has 0 aliphatic rings.